The van der Waals surface area contributed by atoms with Crippen molar-refractivity contribution in [3.05, 3.63) is 0 Å². The second-order valence-electron chi connectivity index (χ2n) is 5.58. The minimum Gasteiger partial charge on any atom is -0.316 e. The largest absolute Gasteiger partial charge is 0.316 e. The number of hydrogen-bond acceptors (Lipinski definition) is 2. The lowest BCUT2D eigenvalue weighted by Crippen LogP contribution is -2.38. The molecule has 88 valence electrons. The molecule has 1 atom stereocenters. The maximum absolute atomic E-state index is 3.69. The molecular formula is C13H26N2. The van der Waals surface area contributed by atoms with Gasteiger partial charge in [0, 0.05) is 6.54 Å². The molecule has 1 N–H and O–H groups in total. The number of nitrogens with one attached hydrogen (secondary N) is 1. The first-order valence-electron chi connectivity index (χ1n) is 6.74. The molecule has 0 radical (unpaired) electrons. The van der Waals surface area contributed by atoms with Gasteiger partial charge in [-0.05, 0) is 64.2 Å². The second kappa shape index (κ2) is 5.86. The lowest BCUT2D eigenvalue weighted by molar-refractivity contribution is 0.205. The van der Waals surface area contributed by atoms with Crippen LogP contribution in [-0.2, 0) is 0 Å². The summed E-state index contributed by atoms with van der Waals surface area (Å²) in [7, 11) is 2.25. The van der Waals surface area contributed by atoms with E-state index in [1.165, 1.54) is 64.7 Å². The highest BCUT2D eigenvalue weighted by Crippen LogP contribution is 2.23. The van der Waals surface area contributed by atoms with E-state index in [-0.39, 0.29) is 0 Å². The van der Waals surface area contributed by atoms with Gasteiger partial charge in [0.05, 0.1) is 0 Å². The minimum absolute atomic E-state index is 0.908. The van der Waals surface area contributed by atoms with Crippen molar-refractivity contribution in [1.82, 2.24) is 10.2 Å². The Bertz CT molecular complexity index is 175. The van der Waals surface area contributed by atoms with Gasteiger partial charge in [0.15, 0.2) is 0 Å². The van der Waals surface area contributed by atoms with Crippen LogP contribution in [-0.4, -0.2) is 38.1 Å². The van der Waals surface area contributed by atoms with Crippen LogP contribution >= 0.6 is 0 Å². The highest BCUT2D eigenvalue weighted by atomic mass is 15.1. The van der Waals surface area contributed by atoms with Crippen LogP contribution in [0.15, 0.2) is 0 Å². The van der Waals surface area contributed by atoms with Crippen LogP contribution in [0.25, 0.3) is 0 Å². The number of rotatable bonds is 4. The van der Waals surface area contributed by atoms with Crippen molar-refractivity contribution < 1.29 is 0 Å². The Labute approximate surface area is 94.4 Å². The zero-order valence-electron chi connectivity index (χ0n) is 10.2. The highest BCUT2D eigenvalue weighted by molar-refractivity contribution is 4.74. The average Bonchev–Trinajstić information content (AvgIpc) is 2.71. The molecule has 1 saturated carbocycles. The average molecular weight is 210 g/mol. The molecule has 0 aromatic carbocycles. The molecule has 1 aliphatic heterocycles. The SMILES string of the molecule is CN1CCCC(CNCC2CCCC2)C1. The van der Waals surface area contributed by atoms with Gasteiger partial charge < -0.3 is 10.2 Å². The molecule has 0 spiro atoms. The normalized spacial score (nSPS) is 29.8. The fraction of sp³-hybridized carbons (Fsp3) is 1.00. The van der Waals surface area contributed by atoms with Gasteiger partial charge in [-0.2, -0.15) is 0 Å². The van der Waals surface area contributed by atoms with Crippen molar-refractivity contribution >= 4 is 0 Å². The zero-order valence-corrected chi connectivity index (χ0v) is 10.2. The van der Waals surface area contributed by atoms with E-state index in [2.05, 4.69) is 17.3 Å². The summed E-state index contributed by atoms with van der Waals surface area (Å²) >= 11 is 0. The van der Waals surface area contributed by atoms with E-state index in [9.17, 15) is 0 Å². The molecule has 1 saturated heterocycles. The standard InChI is InChI=1S/C13H26N2/c1-15-8-4-7-13(11-15)10-14-9-12-5-2-3-6-12/h12-14H,2-11H2,1H3. The van der Waals surface area contributed by atoms with E-state index in [0.717, 1.165) is 11.8 Å². The number of nitrogens with zero attached hydrogens (tertiary/aromatic N) is 1. The molecule has 2 heteroatoms. The minimum atomic E-state index is 0.908. The zero-order chi connectivity index (χ0) is 10.5. The van der Waals surface area contributed by atoms with Crippen LogP contribution in [0, 0.1) is 11.8 Å². The predicted molar refractivity (Wildman–Crippen MR) is 65.0 cm³/mol. The van der Waals surface area contributed by atoms with E-state index >= 15 is 0 Å². The van der Waals surface area contributed by atoms with E-state index in [4.69, 9.17) is 0 Å². The smallest absolute Gasteiger partial charge is 0.00187 e. The molecule has 1 unspecified atom stereocenters. The Balaban J connectivity index is 1.56. The third-order valence-electron chi connectivity index (χ3n) is 4.06. The van der Waals surface area contributed by atoms with Gasteiger partial charge in [-0.1, -0.05) is 12.8 Å². The van der Waals surface area contributed by atoms with Gasteiger partial charge in [0.2, 0.25) is 0 Å². The van der Waals surface area contributed by atoms with Crippen LogP contribution in [0.4, 0.5) is 0 Å². The summed E-state index contributed by atoms with van der Waals surface area (Å²) in [6.07, 6.45) is 8.71. The molecule has 2 rings (SSSR count). The molecule has 2 nitrogen and oxygen atoms in total. The van der Waals surface area contributed by atoms with Gasteiger partial charge in [-0.3, -0.25) is 0 Å². The molecule has 0 aromatic heterocycles. The van der Waals surface area contributed by atoms with Crippen molar-refractivity contribution in [2.75, 3.05) is 33.2 Å². The van der Waals surface area contributed by atoms with E-state index in [0.29, 0.717) is 0 Å². The third kappa shape index (κ3) is 3.76. The van der Waals surface area contributed by atoms with Gasteiger partial charge in [-0.15, -0.1) is 0 Å². The summed E-state index contributed by atoms with van der Waals surface area (Å²) in [6, 6.07) is 0. The summed E-state index contributed by atoms with van der Waals surface area (Å²) in [5.74, 6) is 1.90. The van der Waals surface area contributed by atoms with Crippen LogP contribution in [0.1, 0.15) is 38.5 Å². The summed E-state index contributed by atoms with van der Waals surface area (Å²) in [5, 5.41) is 3.69. The summed E-state index contributed by atoms with van der Waals surface area (Å²) < 4.78 is 0. The predicted octanol–water partition coefficient (Wildman–Crippen LogP) is 2.11. The highest BCUT2D eigenvalue weighted by Gasteiger charge is 2.18. The van der Waals surface area contributed by atoms with Crippen LogP contribution in [0.3, 0.4) is 0 Å². The van der Waals surface area contributed by atoms with Crippen molar-refractivity contribution in [3.8, 4) is 0 Å². The Kier molecular flexibility index (Phi) is 4.45. The topological polar surface area (TPSA) is 15.3 Å². The molecule has 0 bridgehead atoms. The molecule has 1 heterocycles. The van der Waals surface area contributed by atoms with Crippen LogP contribution < -0.4 is 5.32 Å². The summed E-state index contributed by atoms with van der Waals surface area (Å²) in [5.41, 5.74) is 0. The molecule has 2 aliphatic rings. The number of piperidine rings is 1. The van der Waals surface area contributed by atoms with Gasteiger partial charge >= 0.3 is 0 Å². The lowest BCUT2D eigenvalue weighted by Gasteiger charge is -2.30. The lowest BCUT2D eigenvalue weighted by atomic mass is 9.98. The Hall–Kier alpha value is -0.0800. The maximum Gasteiger partial charge on any atom is 0.00187 e. The molecule has 0 amide bonds. The first-order chi connectivity index (χ1) is 7.34. The van der Waals surface area contributed by atoms with Crippen LogP contribution in [0.2, 0.25) is 0 Å². The Morgan fingerprint density at radius 2 is 1.67 bits per heavy atom. The van der Waals surface area contributed by atoms with E-state index in [1.54, 1.807) is 0 Å². The van der Waals surface area contributed by atoms with E-state index < -0.39 is 0 Å². The van der Waals surface area contributed by atoms with Crippen molar-refractivity contribution in [2.24, 2.45) is 11.8 Å². The molecule has 2 fully saturated rings. The fourth-order valence-electron chi connectivity index (χ4n) is 3.15. The number of likely N-dealkylation sites (tertiary alicyclic amines) is 1. The van der Waals surface area contributed by atoms with Crippen LogP contribution in [0.5, 0.6) is 0 Å². The Morgan fingerprint density at radius 3 is 2.40 bits per heavy atom. The van der Waals surface area contributed by atoms with Gasteiger partial charge in [0.1, 0.15) is 0 Å². The third-order valence-corrected chi connectivity index (χ3v) is 4.06. The van der Waals surface area contributed by atoms with Crippen molar-refractivity contribution in [2.45, 2.75) is 38.5 Å². The maximum atomic E-state index is 3.69. The van der Waals surface area contributed by atoms with Gasteiger partial charge in [-0.25, -0.2) is 0 Å². The fourth-order valence-corrected chi connectivity index (χ4v) is 3.15. The molecule has 1 aliphatic carbocycles. The quantitative estimate of drug-likeness (QED) is 0.764. The summed E-state index contributed by atoms with van der Waals surface area (Å²) in [6.45, 7) is 5.14. The Morgan fingerprint density at radius 1 is 1.00 bits per heavy atom. The molecule has 15 heavy (non-hydrogen) atoms. The second-order valence-corrected chi connectivity index (χ2v) is 5.58. The van der Waals surface area contributed by atoms with Gasteiger partial charge in [0.25, 0.3) is 0 Å². The molecular weight excluding hydrogens is 184 g/mol. The first kappa shape index (κ1) is 11.4. The summed E-state index contributed by atoms with van der Waals surface area (Å²) in [4.78, 5) is 2.48. The van der Waals surface area contributed by atoms with Crippen molar-refractivity contribution in [1.29, 1.82) is 0 Å². The van der Waals surface area contributed by atoms with E-state index in [1.807, 2.05) is 0 Å². The number of hydrogen-bond donors (Lipinski definition) is 1. The molecule has 0 aromatic rings. The monoisotopic (exact) mass is 210 g/mol. The van der Waals surface area contributed by atoms with Crippen molar-refractivity contribution in [3.63, 3.8) is 0 Å². The first-order valence-corrected chi connectivity index (χ1v) is 6.74.